The van der Waals surface area contributed by atoms with Crippen LogP contribution in [0.3, 0.4) is 0 Å². The number of fused-ring (bicyclic) bond motifs is 1. The molecule has 28 nitrogen and oxygen atoms in total. The number of hydrogen-bond acceptors (Lipinski definition) is 27. The quantitative estimate of drug-likeness (QED) is 0.0769. The van der Waals surface area contributed by atoms with Crippen LogP contribution in [0.4, 0.5) is 0 Å². The van der Waals surface area contributed by atoms with Gasteiger partial charge in [-0.15, -0.1) is 0 Å². The molecule has 1 unspecified atom stereocenters. The molecule has 15 N–H and O–H groups in total. The number of methoxy groups -OCH3 is 1. The lowest BCUT2D eigenvalue weighted by molar-refractivity contribution is -0.415. The highest BCUT2D eigenvalue weighted by molar-refractivity contribution is 5.75. The average Bonchev–Trinajstić information content (AvgIpc) is 3.25. The van der Waals surface area contributed by atoms with Crippen LogP contribution in [0.5, 0.6) is 0 Å². The molecular formula is C34H56O28. The number of aliphatic hydroxyl groups is 14. The van der Waals surface area contributed by atoms with Gasteiger partial charge < -0.3 is 133 Å². The highest BCUT2D eigenvalue weighted by Gasteiger charge is 2.59. The van der Waals surface area contributed by atoms with E-state index in [1.54, 1.807) is 0 Å². The van der Waals surface area contributed by atoms with Gasteiger partial charge in [0.05, 0.1) is 33.0 Å². The van der Waals surface area contributed by atoms with Gasteiger partial charge in [0.1, 0.15) is 122 Å². The molecule has 0 saturated carbocycles. The molecule has 0 bridgehead atoms. The van der Waals surface area contributed by atoms with Crippen LogP contribution in [-0.4, -0.2) is 282 Å². The van der Waals surface area contributed by atoms with Crippen LogP contribution in [0.1, 0.15) is 6.92 Å². The maximum Gasteiger partial charge on any atom is 0.364 e. The monoisotopic (exact) mass is 912 g/mol. The number of carboxylic acids is 1. The van der Waals surface area contributed by atoms with Crippen molar-refractivity contribution in [2.45, 2.75) is 166 Å². The Hall–Kier alpha value is -1.57. The predicted octanol–water partition coefficient (Wildman–Crippen LogP) is -10.4. The molecule has 6 fully saturated rings. The molecule has 6 aliphatic rings. The first-order valence-corrected chi connectivity index (χ1v) is 19.5. The fourth-order valence-electron chi connectivity index (χ4n) is 7.87. The average molecular weight is 913 g/mol. The van der Waals surface area contributed by atoms with Gasteiger partial charge in [0.15, 0.2) is 31.5 Å². The smallest absolute Gasteiger partial charge is 0.364 e. The summed E-state index contributed by atoms with van der Waals surface area (Å²) in [5.41, 5.74) is 0. The molecule has 0 amide bonds. The van der Waals surface area contributed by atoms with Gasteiger partial charge in [0, 0.05) is 14.0 Å². The summed E-state index contributed by atoms with van der Waals surface area (Å²) in [5.74, 6) is -3.87. The van der Waals surface area contributed by atoms with Crippen LogP contribution in [-0.2, 0) is 61.6 Å². The molecule has 0 aromatic rings. The summed E-state index contributed by atoms with van der Waals surface area (Å²) < 4.78 is 66.8. The third-order valence-corrected chi connectivity index (χ3v) is 11.6. The normalized spacial score (nSPS) is 52.6. The SMILES string of the molecule is CO[C@@H]1[C@@H](O)[C@H](O[C@@H]2[C@@H](O)[C@H](O[C@H]3[C@H](O)[C@@H](O)[C@H](OC[C@H]4O[C@H](O[C@H]5O[C@H](CO)[C@@H](O)[C@H](O)[C@H]5O)[C@H](O)[C@@H](O)[C@@H]4O)O[C@@H]3CO)O[C@@H]3COC(C)(C(=O)O)O[C@@H]23)O[C@H](CO)[C@H]1O. The lowest BCUT2D eigenvalue weighted by Gasteiger charge is -2.52. The lowest BCUT2D eigenvalue weighted by atomic mass is 9.95. The van der Waals surface area contributed by atoms with E-state index in [-0.39, 0.29) is 0 Å². The van der Waals surface area contributed by atoms with Crippen molar-refractivity contribution < 1.29 is 138 Å². The summed E-state index contributed by atoms with van der Waals surface area (Å²) in [6, 6.07) is 0. The Labute approximate surface area is 350 Å². The van der Waals surface area contributed by atoms with Crippen molar-refractivity contribution in [3.05, 3.63) is 0 Å². The third kappa shape index (κ3) is 9.77. The van der Waals surface area contributed by atoms with E-state index in [0.717, 1.165) is 14.0 Å². The molecule has 0 aliphatic carbocycles. The standard InChI is InChI=1S/C34H56O28/c1-34(33(49)50)53-7-12-25(62-34)27(60-31-22(47)26(51-2)15(40)9(4-36)55-31)23(48)32(58-12)59-24-10(5-37)56-28(21(46)18(24)43)52-6-11-14(39)17(42)20(45)30(57-11)61-29-19(44)16(41)13(38)8(3-35)54-29/h8-32,35-48H,3-7H2,1-2H3,(H,49,50)/t8-,9-,10-,11-,12-,13-,14-,15-,16+,17+,18-,19-,20-,21-,22-,23-,24-,25-,26+,27-,28-,29-,30-,31+,32+,34?/m1/s1. The van der Waals surface area contributed by atoms with Crippen LogP contribution >= 0.6 is 0 Å². The molecule has 6 saturated heterocycles. The highest BCUT2D eigenvalue weighted by atomic mass is 16.8. The van der Waals surface area contributed by atoms with E-state index >= 15 is 0 Å². The van der Waals surface area contributed by atoms with E-state index in [4.69, 9.17) is 56.8 Å². The van der Waals surface area contributed by atoms with E-state index in [1.165, 1.54) is 0 Å². The fraction of sp³-hybridized carbons (Fsp3) is 0.971. The Bertz CT molecular complexity index is 1450. The van der Waals surface area contributed by atoms with Crippen LogP contribution < -0.4 is 0 Å². The lowest BCUT2D eigenvalue weighted by Crippen LogP contribution is -2.70. The topological polar surface area (TPSA) is 431 Å². The van der Waals surface area contributed by atoms with Gasteiger partial charge in [-0.1, -0.05) is 0 Å². The summed E-state index contributed by atoms with van der Waals surface area (Å²) >= 11 is 0. The molecule has 0 aromatic carbocycles. The summed E-state index contributed by atoms with van der Waals surface area (Å²) in [4.78, 5) is 12.1. The first kappa shape index (κ1) is 49.9. The van der Waals surface area contributed by atoms with Gasteiger partial charge in [-0.3, -0.25) is 0 Å². The molecular weight excluding hydrogens is 856 g/mol. The van der Waals surface area contributed by atoms with Crippen molar-refractivity contribution in [3.8, 4) is 0 Å². The molecule has 6 rings (SSSR count). The number of rotatable bonds is 14. The molecule has 0 radical (unpaired) electrons. The van der Waals surface area contributed by atoms with E-state index in [1.807, 2.05) is 0 Å². The molecule has 26 atom stereocenters. The Morgan fingerprint density at radius 2 is 1.00 bits per heavy atom. The van der Waals surface area contributed by atoms with Crippen LogP contribution in [0.2, 0.25) is 0 Å². The number of carboxylic acid groups (broad SMARTS) is 1. The maximum absolute atomic E-state index is 12.1. The second-order valence-corrected chi connectivity index (χ2v) is 15.7. The number of carbonyl (C=O) groups is 1. The molecule has 360 valence electrons. The second kappa shape index (κ2) is 20.5. The van der Waals surface area contributed by atoms with Gasteiger partial charge in [-0.2, -0.15) is 0 Å². The number of hydrogen-bond donors (Lipinski definition) is 15. The van der Waals surface area contributed by atoms with Crippen LogP contribution in [0.25, 0.3) is 0 Å². The molecule has 62 heavy (non-hydrogen) atoms. The first-order valence-electron chi connectivity index (χ1n) is 19.5. The molecule has 0 aromatic heterocycles. The minimum Gasteiger partial charge on any atom is -0.477 e. The Morgan fingerprint density at radius 3 is 1.56 bits per heavy atom. The van der Waals surface area contributed by atoms with Crippen molar-refractivity contribution in [2.24, 2.45) is 0 Å². The number of aliphatic carboxylic acids is 1. The minimum absolute atomic E-state index is 0.520. The van der Waals surface area contributed by atoms with Gasteiger partial charge in [0.25, 0.3) is 5.79 Å². The Morgan fingerprint density at radius 1 is 0.532 bits per heavy atom. The summed E-state index contributed by atoms with van der Waals surface area (Å²) in [7, 11) is 1.15. The van der Waals surface area contributed by atoms with Gasteiger partial charge >= 0.3 is 5.97 Å². The molecule has 0 spiro atoms. The molecule has 28 heteroatoms. The first-order chi connectivity index (χ1) is 29.3. The van der Waals surface area contributed by atoms with Crippen molar-refractivity contribution in [2.75, 3.05) is 40.1 Å². The van der Waals surface area contributed by atoms with Crippen molar-refractivity contribution >= 4 is 5.97 Å². The largest absolute Gasteiger partial charge is 0.477 e. The zero-order chi connectivity index (χ0) is 45.5. The highest BCUT2D eigenvalue weighted by Crippen LogP contribution is 2.38. The van der Waals surface area contributed by atoms with Gasteiger partial charge in [-0.05, 0) is 0 Å². The van der Waals surface area contributed by atoms with Crippen molar-refractivity contribution in [1.29, 1.82) is 0 Å². The second-order valence-electron chi connectivity index (χ2n) is 15.7. The fourth-order valence-corrected chi connectivity index (χ4v) is 7.87. The van der Waals surface area contributed by atoms with Crippen molar-refractivity contribution in [1.82, 2.24) is 0 Å². The minimum atomic E-state index is -2.30. The van der Waals surface area contributed by atoms with Gasteiger partial charge in [-0.25, -0.2) is 4.79 Å². The zero-order valence-corrected chi connectivity index (χ0v) is 33.0. The van der Waals surface area contributed by atoms with E-state index in [9.17, 15) is 81.4 Å². The van der Waals surface area contributed by atoms with E-state index < -0.39 is 198 Å². The third-order valence-electron chi connectivity index (χ3n) is 11.6. The summed E-state index contributed by atoms with van der Waals surface area (Å²) in [6.45, 7) is -2.77. The Balaban J connectivity index is 1.13. The number of aliphatic hydroxyl groups excluding tert-OH is 14. The molecule has 6 aliphatic heterocycles. The molecule has 6 heterocycles. The van der Waals surface area contributed by atoms with Crippen molar-refractivity contribution in [3.63, 3.8) is 0 Å². The maximum atomic E-state index is 12.1. The summed E-state index contributed by atoms with van der Waals surface area (Å²) in [5, 5.41) is 157. The van der Waals surface area contributed by atoms with Crippen LogP contribution in [0, 0.1) is 0 Å². The van der Waals surface area contributed by atoms with E-state index in [2.05, 4.69) is 0 Å². The van der Waals surface area contributed by atoms with E-state index in [0.29, 0.717) is 0 Å². The van der Waals surface area contributed by atoms with Crippen LogP contribution in [0.15, 0.2) is 0 Å². The van der Waals surface area contributed by atoms with Gasteiger partial charge in [0.2, 0.25) is 0 Å². The summed E-state index contributed by atoms with van der Waals surface area (Å²) in [6.07, 6.45) is -43.7. The Kier molecular flexibility index (Phi) is 16.5. The zero-order valence-electron chi connectivity index (χ0n) is 33.0. The number of ether oxygens (including phenoxy) is 12. The predicted molar refractivity (Wildman–Crippen MR) is 185 cm³/mol.